The number of unbranched alkanes of at least 4 members (excludes halogenated alkanes) is 3. The average molecular weight is 225 g/mol. The van der Waals surface area contributed by atoms with Gasteiger partial charge in [0.25, 0.3) is 0 Å². The Morgan fingerprint density at radius 2 is 2.12 bits per heavy atom. The zero-order valence-corrected chi connectivity index (χ0v) is 11.1. The minimum atomic E-state index is 0.569. The van der Waals surface area contributed by atoms with Gasteiger partial charge in [-0.25, -0.2) is 0 Å². The van der Waals surface area contributed by atoms with Crippen molar-refractivity contribution in [3.05, 3.63) is 0 Å². The number of hydrogen-bond donors (Lipinski definition) is 1. The monoisotopic (exact) mass is 225 g/mol. The summed E-state index contributed by atoms with van der Waals surface area (Å²) in [7, 11) is 0. The lowest BCUT2D eigenvalue weighted by Gasteiger charge is -2.27. The van der Waals surface area contributed by atoms with E-state index >= 15 is 0 Å². The van der Waals surface area contributed by atoms with E-state index in [-0.39, 0.29) is 0 Å². The topological polar surface area (TPSA) is 41.6 Å². The molecule has 1 aliphatic rings. The van der Waals surface area contributed by atoms with E-state index in [2.05, 4.69) is 30.7 Å². The average Bonchev–Trinajstić information content (AvgIpc) is 2.56. The first-order valence-electron chi connectivity index (χ1n) is 6.71. The summed E-state index contributed by atoms with van der Waals surface area (Å²) in [6, 6.07) is 0.569. The molecule has 1 atom stereocenters. The highest BCUT2D eigenvalue weighted by molar-refractivity contribution is 5.80. The third-order valence-corrected chi connectivity index (χ3v) is 3.15. The second-order valence-electron chi connectivity index (χ2n) is 5.25. The molecule has 2 N–H and O–H groups in total. The standard InChI is InChI=1S/C13H27N3/c1-4-5-6-7-8-12-9-15-13(14)16(12)10-11(2)3/h11-12H,4-10H2,1-3H3,(H2,14,15). The van der Waals surface area contributed by atoms with E-state index in [9.17, 15) is 0 Å². The molecule has 0 saturated carbocycles. The van der Waals surface area contributed by atoms with Gasteiger partial charge in [-0.2, -0.15) is 0 Å². The van der Waals surface area contributed by atoms with Crippen molar-refractivity contribution in [2.45, 2.75) is 58.9 Å². The van der Waals surface area contributed by atoms with Crippen LogP contribution in [0.25, 0.3) is 0 Å². The number of hydrogen-bond acceptors (Lipinski definition) is 3. The number of guanidine groups is 1. The lowest BCUT2D eigenvalue weighted by molar-refractivity contribution is 0.286. The van der Waals surface area contributed by atoms with E-state index in [0.29, 0.717) is 12.0 Å². The van der Waals surface area contributed by atoms with Gasteiger partial charge in [-0.3, -0.25) is 4.99 Å². The molecule has 94 valence electrons. The first-order chi connectivity index (χ1) is 7.65. The van der Waals surface area contributed by atoms with Crippen molar-refractivity contribution in [1.29, 1.82) is 0 Å². The molecule has 1 heterocycles. The Balaban J connectivity index is 2.30. The van der Waals surface area contributed by atoms with Gasteiger partial charge in [-0.1, -0.05) is 46.5 Å². The Bertz CT molecular complexity index is 223. The summed E-state index contributed by atoms with van der Waals surface area (Å²) in [6.07, 6.45) is 6.57. The Labute approximate surface area is 100 Å². The fourth-order valence-electron chi connectivity index (χ4n) is 2.27. The fraction of sp³-hybridized carbons (Fsp3) is 0.923. The zero-order chi connectivity index (χ0) is 12.0. The maximum atomic E-state index is 5.92. The highest BCUT2D eigenvalue weighted by atomic mass is 15.3. The molecule has 1 unspecified atom stereocenters. The van der Waals surface area contributed by atoms with Gasteiger partial charge < -0.3 is 10.6 Å². The third kappa shape index (κ3) is 4.03. The lowest BCUT2D eigenvalue weighted by Crippen LogP contribution is -2.42. The van der Waals surface area contributed by atoms with E-state index in [1.54, 1.807) is 0 Å². The first-order valence-corrected chi connectivity index (χ1v) is 6.71. The Morgan fingerprint density at radius 1 is 1.38 bits per heavy atom. The largest absolute Gasteiger partial charge is 0.370 e. The van der Waals surface area contributed by atoms with E-state index in [4.69, 9.17) is 5.73 Å². The molecule has 0 saturated heterocycles. The van der Waals surface area contributed by atoms with E-state index in [1.165, 1.54) is 32.1 Å². The molecular weight excluding hydrogens is 198 g/mol. The van der Waals surface area contributed by atoms with E-state index in [1.807, 2.05) is 0 Å². The van der Waals surface area contributed by atoms with Crippen LogP contribution in [-0.2, 0) is 0 Å². The van der Waals surface area contributed by atoms with Gasteiger partial charge in [0.05, 0.1) is 12.6 Å². The van der Waals surface area contributed by atoms with Gasteiger partial charge in [-0.05, 0) is 12.3 Å². The quantitative estimate of drug-likeness (QED) is 0.677. The normalized spacial score (nSPS) is 20.6. The summed E-state index contributed by atoms with van der Waals surface area (Å²) in [5.41, 5.74) is 5.92. The molecule has 0 aromatic carbocycles. The summed E-state index contributed by atoms with van der Waals surface area (Å²) in [6.45, 7) is 8.68. The predicted molar refractivity (Wildman–Crippen MR) is 70.6 cm³/mol. The SMILES string of the molecule is CCCCCCC1CN=C(N)N1CC(C)C. The van der Waals surface area contributed by atoms with Crippen LogP contribution in [0.2, 0.25) is 0 Å². The van der Waals surface area contributed by atoms with Crippen molar-refractivity contribution in [1.82, 2.24) is 4.90 Å². The van der Waals surface area contributed by atoms with Crippen LogP contribution in [0.15, 0.2) is 4.99 Å². The van der Waals surface area contributed by atoms with Gasteiger partial charge in [0.2, 0.25) is 0 Å². The van der Waals surface area contributed by atoms with Crippen LogP contribution in [0.5, 0.6) is 0 Å². The summed E-state index contributed by atoms with van der Waals surface area (Å²) in [5, 5.41) is 0. The van der Waals surface area contributed by atoms with Gasteiger partial charge in [-0.15, -0.1) is 0 Å². The minimum Gasteiger partial charge on any atom is -0.370 e. The number of aliphatic imine (C=N–C) groups is 1. The summed E-state index contributed by atoms with van der Waals surface area (Å²) < 4.78 is 0. The molecule has 1 aliphatic heterocycles. The van der Waals surface area contributed by atoms with Crippen molar-refractivity contribution in [2.24, 2.45) is 16.6 Å². The zero-order valence-electron chi connectivity index (χ0n) is 11.1. The van der Waals surface area contributed by atoms with Crippen molar-refractivity contribution >= 4 is 5.96 Å². The molecule has 3 heteroatoms. The molecule has 0 aromatic rings. The molecule has 0 aliphatic carbocycles. The van der Waals surface area contributed by atoms with E-state index < -0.39 is 0 Å². The highest BCUT2D eigenvalue weighted by Gasteiger charge is 2.25. The highest BCUT2D eigenvalue weighted by Crippen LogP contribution is 2.17. The maximum Gasteiger partial charge on any atom is 0.191 e. The number of rotatable bonds is 7. The molecule has 0 fully saturated rings. The van der Waals surface area contributed by atoms with Gasteiger partial charge in [0.1, 0.15) is 0 Å². The van der Waals surface area contributed by atoms with E-state index in [0.717, 1.165) is 19.0 Å². The Kier molecular flexibility index (Phi) is 5.64. The van der Waals surface area contributed by atoms with Crippen molar-refractivity contribution < 1.29 is 0 Å². The minimum absolute atomic E-state index is 0.569. The molecule has 16 heavy (non-hydrogen) atoms. The lowest BCUT2D eigenvalue weighted by atomic mass is 10.1. The molecule has 0 aromatic heterocycles. The second kappa shape index (κ2) is 6.77. The van der Waals surface area contributed by atoms with Gasteiger partial charge in [0.15, 0.2) is 5.96 Å². The molecule has 0 spiro atoms. The van der Waals surface area contributed by atoms with Gasteiger partial charge >= 0.3 is 0 Å². The number of nitrogens with two attached hydrogens (primary N) is 1. The predicted octanol–water partition coefficient (Wildman–Crippen LogP) is 2.61. The molecule has 1 rings (SSSR count). The number of nitrogens with zero attached hydrogens (tertiary/aromatic N) is 2. The summed E-state index contributed by atoms with van der Waals surface area (Å²) in [5.74, 6) is 1.42. The van der Waals surface area contributed by atoms with Crippen molar-refractivity contribution in [3.8, 4) is 0 Å². The Morgan fingerprint density at radius 3 is 2.75 bits per heavy atom. The van der Waals surface area contributed by atoms with Crippen LogP contribution in [0, 0.1) is 5.92 Å². The van der Waals surface area contributed by atoms with Crippen molar-refractivity contribution in [3.63, 3.8) is 0 Å². The fourth-order valence-corrected chi connectivity index (χ4v) is 2.27. The molecule has 0 bridgehead atoms. The summed E-state index contributed by atoms with van der Waals surface area (Å²) in [4.78, 5) is 6.67. The molecule has 0 radical (unpaired) electrons. The van der Waals surface area contributed by atoms with Crippen molar-refractivity contribution in [2.75, 3.05) is 13.1 Å². The second-order valence-corrected chi connectivity index (χ2v) is 5.25. The van der Waals surface area contributed by atoms with Crippen LogP contribution in [0.4, 0.5) is 0 Å². The maximum absolute atomic E-state index is 5.92. The molecule has 3 nitrogen and oxygen atoms in total. The van der Waals surface area contributed by atoms with Crippen LogP contribution in [0.3, 0.4) is 0 Å². The smallest absolute Gasteiger partial charge is 0.191 e. The Hall–Kier alpha value is -0.730. The molecular formula is C13H27N3. The van der Waals surface area contributed by atoms with Crippen LogP contribution >= 0.6 is 0 Å². The van der Waals surface area contributed by atoms with Crippen LogP contribution in [-0.4, -0.2) is 30.0 Å². The van der Waals surface area contributed by atoms with Crippen LogP contribution < -0.4 is 5.73 Å². The van der Waals surface area contributed by atoms with Gasteiger partial charge in [0, 0.05) is 6.54 Å². The molecule has 0 amide bonds. The van der Waals surface area contributed by atoms with Crippen LogP contribution in [0.1, 0.15) is 52.9 Å². The third-order valence-electron chi connectivity index (χ3n) is 3.15. The summed E-state index contributed by atoms with van der Waals surface area (Å²) >= 11 is 0. The first kappa shape index (κ1) is 13.3.